The molecule has 4 nitrogen and oxygen atoms in total. The molecule has 1 aliphatic rings. The van der Waals surface area contributed by atoms with Crippen LogP contribution in [0.15, 0.2) is 18.2 Å². The minimum absolute atomic E-state index is 0.218. The van der Waals surface area contributed by atoms with Crippen molar-refractivity contribution in [2.24, 2.45) is 5.92 Å². The summed E-state index contributed by atoms with van der Waals surface area (Å²) < 4.78 is 5.37. The van der Waals surface area contributed by atoms with E-state index in [9.17, 15) is 4.79 Å². The molecule has 0 aromatic heterocycles. The maximum atomic E-state index is 11.1. The van der Waals surface area contributed by atoms with Crippen molar-refractivity contribution < 1.29 is 14.6 Å². The number of benzene rings is 1. The Morgan fingerprint density at radius 2 is 2.33 bits per heavy atom. The van der Waals surface area contributed by atoms with Crippen molar-refractivity contribution in [1.82, 2.24) is 0 Å². The predicted molar refractivity (Wildman–Crippen MR) is 70.4 cm³/mol. The normalized spacial score (nSPS) is 23.7. The number of carbonyl (C=O) groups is 1. The number of rotatable bonds is 3. The van der Waals surface area contributed by atoms with Gasteiger partial charge >= 0.3 is 5.97 Å². The number of hydrogen-bond acceptors (Lipinski definition) is 3. The molecule has 1 heterocycles. The van der Waals surface area contributed by atoms with E-state index < -0.39 is 5.97 Å². The predicted octanol–water partition coefficient (Wildman–Crippen LogP) is 2.88. The molecule has 98 valence electrons. The highest BCUT2D eigenvalue weighted by atomic mass is 35.5. The van der Waals surface area contributed by atoms with Gasteiger partial charge in [-0.25, -0.2) is 4.79 Å². The van der Waals surface area contributed by atoms with Gasteiger partial charge in [0.1, 0.15) is 0 Å². The van der Waals surface area contributed by atoms with Crippen LogP contribution in [0.2, 0.25) is 5.02 Å². The first-order chi connectivity index (χ1) is 8.58. The molecule has 0 bridgehead atoms. The first kappa shape index (κ1) is 13.2. The van der Waals surface area contributed by atoms with E-state index >= 15 is 0 Å². The van der Waals surface area contributed by atoms with E-state index in [-0.39, 0.29) is 11.6 Å². The fourth-order valence-electron chi connectivity index (χ4n) is 2.12. The Morgan fingerprint density at radius 1 is 1.56 bits per heavy atom. The Labute approximate surface area is 111 Å². The van der Waals surface area contributed by atoms with Gasteiger partial charge in [0.25, 0.3) is 0 Å². The molecule has 2 rings (SSSR count). The minimum Gasteiger partial charge on any atom is -0.478 e. The fourth-order valence-corrected chi connectivity index (χ4v) is 2.29. The summed E-state index contributed by atoms with van der Waals surface area (Å²) in [7, 11) is 0. The number of halogens is 1. The van der Waals surface area contributed by atoms with E-state index in [0.29, 0.717) is 29.8 Å². The number of ether oxygens (including phenoxy) is 1. The van der Waals surface area contributed by atoms with Crippen LogP contribution < -0.4 is 5.32 Å². The Hall–Kier alpha value is -1.26. The summed E-state index contributed by atoms with van der Waals surface area (Å²) in [5.74, 6) is -0.603. The van der Waals surface area contributed by atoms with E-state index in [2.05, 4.69) is 12.2 Å². The van der Waals surface area contributed by atoms with Gasteiger partial charge in [0.05, 0.1) is 17.9 Å². The zero-order valence-electron chi connectivity index (χ0n) is 10.1. The molecule has 1 saturated heterocycles. The van der Waals surface area contributed by atoms with E-state index in [1.165, 1.54) is 6.07 Å². The number of hydrogen-bond donors (Lipinski definition) is 2. The quantitative estimate of drug-likeness (QED) is 0.886. The number of carboxylic acids is 1. The first-order valence-corrected chi connectivity index (χ1v) is 6.33. The minimum atomic E-state index is -0.950. The average molecular weight is 270 g/mol. The van der Waals surface area contributed by atoms with Crippen LogP contribution in [0.25, 0.3) is 0 Å². The molecule has 5 heteroatoms. The number of carboxylic acid groups (broad SMARTS) is 1. The van der Waals surface area contributed by atoms with E-state index in [0.717, 1.165) is 6.42 Å². The molecule has 2 unspecified atom stereocenters. The van der Waals surface area contributed by atoms with Crippen LogP contribution in [0.3, 0.4) is 0 Å². The molecule has 2 N–H and O–H groups in total. The molecule has 0 spiro atoms. The fraction of sp³-hybridized carbons (Fsp3) is 0.462. The highest BCUT2D eigenvalue weighted by Gasteiger charge is 2.23. The van der Waals surface area contributed by atoms with Crippen molar-refractivity contribution in [2.75, 3.05) is 18.5 Å². The zero-order chi connectivity index (χ0) is 13.1. The maximum absolute atomic E-state index is 11.1. The van der Waals surface area contributed by atoms with Crippen LogP contribution in [-0.4, -0.2) is 30.3 Å². The summed E-state index contributed by atoms with van der Waals surface area (Å²) in [6.45, 7) is 3.48. The second-order valence-electron chi connectivity index (χ2n) is 4.59. The third-order valence-electron chi connectivity index (χ3n) is 3.19. The SMILES string of the molecule is CC1COCCC1Nc1cc(Cl)ccc1C(=O)O. The molecule has 0 radical (unpaired) electrons. The molecule has 0 saturated carbocycles. The van der Waals surface area contributed by atoms with Crippen molar-refractivity contribution in [1.29, 1.82) is 0 Å². The second kappa shape index (κ2) is 5.59. The molecule has 0 amide bonds. The first-order valence-electron chi connectivity index (χ1n) is 5.95. The Bertz CT molecular complexity index is 450. The molecule has 2 atom stereocenters. The molecule has 1 aliphatic heterocycles. The van der Waals surface area contributed by atoms with Gasteiger partial charge in [-0.1, -0.05) is 18.5 Å². The van der Waals surface area contributed by atoms with Gasteiger partial charge in [-0.15, -0.1) is 0 Å². The maximum Gasteiger partial charge on any atom is 0.337 e. The zero-order valence-corrected chi connectivity index (χ0v) is 10.9. The number of anilines is 1. The van der Waals surface area contributed by atoms with Gasteiger partial charge in [-0.2, -0.15) is 0 Å². The lowest BCUT2D eigenvalue weighted by atomic mass is 9.97. The van der Waals surface area contributed by atoms with Crippen molar-refractivity contribution in [2.45, 2.75) is 19.4 Å². The van der Waals surface area contributed by atoms with Crippen molar-refractivity contribution in [3.05, 3.63) is 28.8 Å². The van der Waals surface area contributed by atoms with Crippen LogP contribution in [0.5, 0.6) is 0 Å². The summed E-state index contributed by atoms with van der Waals surface area (Å²) in [6.07, 6.45) is 0.868. The lowest BCUT2D eigenvalue weighted by molar-refractivity contribution is 0.0537. The largest absolute Gasteiger partial charge is 0.478 e. The van der Waals surface area contributed by atoms with Crippen molar-refractivity contribution in [3.63, 3.8) is 0 Å². The van der Waals surface area contributed by atoms with Crippen LogP contribution in [-0.2, 0) is 4.74 Å². The number of aromatic carboxylic acids is 1. The summed E-state index contributed by atoms with van der Waals surface area (Å²) >= 11 is 5.92. The van der Waals surface area contributed by atoms with Crippen LogP contribution in [0.4, 0.5) is 5.69 Å². The smallest absolute Gasteiger partial charge is 0.337 e. The third kappa shape index (κ3) is 2.94. The lowest BCUT2D eigenvalue weighted by Gasteiger charge is -2.30. The highest BCUT2D eigenvalue weighted by molar-refractivity contribution is 6.31. The van der Waals surface area contributed by atoms with Crippen molar-refractivity contribution >= 4 is 23.3 Å². The van der Waals surface area contributed by atoms with Gasteiger partial charge in [-0.3, -0.25) is 0 Å². The molecule has 1 aromatic carbocycles. The molecule has 1 aromatic rings. The summed E-state index contributed by atoms with van der Waals surface area (Å²) in [5.41, 5.74) is 0.826. The Balaban J connectivity index is 2.21. The number of nitrogens with one attached hydrogen (secondary N) is 1. The second-order valence-corrected chi connectivity index (χ2v) is 5.02. The highest BCUT2D eigenvalue weighted by Crippen LogP contribution is 2.25. The third-order valence-corrected chi connectivity index (χ3v) is 3.43. The van der Waals surface area contributed by atoms with Gasteiger partial charge in [0.2, 0.25) is 0 Å². The monoisotopic (exact) mass is 269 g/mol. The molecule has 0 aliphatic carbocycles. The van der Waals surface area contributed by atoms with E-state index in [1.54, 1.807) is 12.1 Å². The molecular weight excluding hydrogens is 254 g/mol. The van der Waals surface area contributed by atoms with Gasteiger partial charge in [0.15, 0.2) is 0 Å². The van der Waals surface area contributed by atoms with Crippen molar-refractivity contribution in [3.8, 4) is 0 Å². The summed E-state index contributed by atoms with van der Waals surface area (Å²) in [4.78, 5) is 11.1. The average Bonchev–Trinajstić information content (AvgIpc) is 2.32. The lowest BCUT2D eigenvalue weighted by Crippen LogP contribution is -2.36. The Kier molecular flexibility index (Phi) is 4.09. The van der Waals surface area contributed by atoms with Crippen LogP contribution in [0, 0.1) is 5.92 Å². The molecule has 18 heavy (non-hydrogen) atoms. The molecule has 1 fully saturated rings. The Morgan fingerprint density at radius 3 is 3.00 bits per heavy atom. The van der Waals surface area contributed by atoms with E-state index in [1.807, 2.05) is 0 Å². The summed E-state index contributed by atoms with van der Waals surface area (Å²) in [6, 6.07) is 4.99. The topological polar surface area (TPSA) is 58.6 Å². The van der Waals surface area contributed by atoms with Gasteiger partial charge < -0.3 is 15.2 Å². The molecular formula is C13H16ClNO3. The van der Waals surface area contributed by atoms with E-state index in [4.69, 9.17) is 21.4 Å². The summed E-state index contributed by atoms with van der Waals surface area (Å²) in [5, 5.41) is 13.0. The van der Waals surface area contributed by atoms with Crippen LogP contribution >= 0.6 is 11.6 Å². The van der Waals surface area contributed by atoms with Gasteiger partial charge in [-0.05, 0) is 30.5 Å². The van der Waals surface area contributed by atoms with Gasteiger partial charge in [0, 0.05) is 17.7 Å². The standard InChI is InChI=1S/C13H16ClNO3/c1-8-7-18-5-4-11(8)15-12-6-9(14)2-3-10(12)13(16)17/h2-3,6,8,11,15H,4-5,7H2,1H3,(H,16,17). The van der Waals surface area contributed by atoms with Crippen LogP contribution in [0.1, 0.15) is 23.7 Å².